The maximum Gasteiger partial charge on any atom is 0.414 e. The van der Waals surface area contributed by atoms with E-state index in [2.05, 4.69) is 15.6 Å². The van der Waals surface area contributed by atoms with Crippen molar-refractivity contribution in [3.8, 4) is 0 Å². The number of ether oxygens (including phenoxy) is 3. The van der Waals surface area contributed by atoms with Crippen molar-refractivity contribution >= 4 is 24.6 Å². The van der Waals surface area contributed by atoms with Gasteiger partial charge in [-0.1, -0.05) is 60.7 Å². The number of hydrogen-bond acceptors (Lipinski definition) is 7. The van der Waals surface area contributed by atoms with Gasteiger partial charge in [0.15, 0.2) is 0 Å². The number of benzene rings is 2. The molecule has 0 saturated carbocycles. The van der Waals surface area contributed by atoms with Gasteiger partial charge in [0.25, 0.3) is 0 Å². The number of amides is 3. The Hall–Kier alpha value is -3.96. The van der Waals surface area contributed by atoms with Crippen LogP contribution in [0.1, 0.15) is 51.2 Å². The molecule has 1 saturated heterocycles. The van der Waals surface area contributed by atoms with E-state index >= 15 is 0 Å². The van der Waals surface area contributed by atoms with Crippen molar-refractivity contribution in [2.75, 3.05) is 26.8 Å². The minimum atomic E-state index is -0.707. The zero-order valence-electron chi connectivity index (χ0n) is 25.0. The Balaban J connectivity index is 0.000000581. The number of methoxy groups -OCH3 is 1. The van der Waals surface area contributed by atoms with E-state index in [-0.39, 0.29) is 25.1 Å². The second-order valence-electron chi connectivity index (χ2n) is 10.9. The molecule has 3 amide bonds. The van der Waals surface area contributed by atoms with Crippen LogP contribution in [0.15, 0.2) is 65.7 Å². The van der Waals surface area contributed by atoms with E-state index in [9.17, 15) is 19.5 Å². The number of aliphatic hydroxyl groups excluding tert-OH is 1. The summed E-state index contributed by atoms with van der Waals surface area (Å²) in [5.74, 6) is 0.221. The summed E-state index contributed by atoms with van der Waals surface area (Å²) in [4.78, 5) is 40.9. The lowest BCUT2D eigenvalue weighted by Crippen LogP contribution is -2.50. The molecule has 0 spiro atoms. The first-order valence-electron chi connectivity index (χ1n) is 14.0. The molecule has 2 atom stereocenters. The second kappa shape index (κ2) is 18.5. The fourth-order valence-electron chi connectivity index (χ4n) is 4.34. The van der Waals surface area contributed by atoms with Crippen LogP contribution in [0.4, 0.5) is 9.59 Å². The van der Waals surface area contributed by atoms with Gasteiger partial charge in [-0.3, -0.25) is 10.1 Å². The van der Waals surface area contributed by atoms with E-state index < -0.39 is 23.8 Å². The average Bonchev–Trinajstić information content (AvgIpc) is 2.96. The van der Waals surface area contributed by atoms with Gasteiger partial charge in [0.2, 0.25) is 12.4 Å². The highest BCUT2D eigenvalue weighted by molar-refractivity contribution is 5.96. The molecule has 230 valence electrons. The maximum absolute atomic E-state index is 12.2. The van der Waals surface area contributed by atoms with Gasteiger partial charge in [-0.25, -0.2) is 9.59 Å². The Labute approximate surface area is 248 Å². The number of likely N-dealkylation sites (tertiary alicyclic amines) is 1. The predicted octanol–water partition coefficient (Wildman–Crippen LogP) is 4.25. The van der Waals surface area contributed by atoms with Gasteiger partial charge < -0.3 is 29.5 Å². The van der Waals surface area contributed by atoms with Crippen molar-refractivity contribution in [3.63, 3.8) is 0 Å². The van der Waals surface area contributed by atoms with Crippen LogP contribution in [0.25, 0.3) is 0 Å². The molecule has 0 bridgehead atoms. The summed E-state index contributed by atoms with van der Waals surface area (Å²) in [6.45, 7) is 6.99. The van der Waals surface area contributed by atoms with E-state index in [1.807, 2.05) is 60.7 Å². The number of nitrogens with one attached hydrogen (secondary N) is 2. The first-order chi connectivity index (χ1) is 20.1. The topological polar surface area (TPSA) is 139 Å². The zero-order chi connectivity index (χ0) is 30.8. The monoisotopic (exact) mass is 584 g/mol. The lowest BCUT2D eigenvalue weighted by Gasteiger charge is -2.35. The Bertz CT molecular complexity index is 1110. The van der Waals surface area contributed by atoms with Crippen molar-refractivity contribution in [2.24, 2.45) is 10.9 Å². The molecule has 2 unspecified atom stereocenters. The van der Waals surface area contributed by atoms with Crippen molar-refractivity contribution in [1.82, 2.24) is 15.5 Å². The normalized spacial score (nSPS) is 15.9. The molecule has 11 nitrogen and oxygen atoms in total. The van der Waals surface area contributed by atoms with Gasteiger partial charge >= 0.3 is 12.2 Å². The minimum Gasteiger partial charge on any atom is -0.444 e. The summed E-state index contributed by atoms with van der Waals surface area (Å²) in [5.41, 5.74) is 1.43. The van der Waals surface area contributed by atoms with E-state index in [0.29, 0.717) is 32.5 Å². The van der Waals surface area contributed by atoms with Gasteiger partial charge in [-0.2, -0.15) is 4.99 Å². The van der Waals surface area contributed by atoms with Crippen LogP contribution >= 0.6 is 0 Å². The van der Waals surface area contributed by atoms with Crippen LogP contribution in [-0.2, 0) is 32.2 Å². The number of guanidine groups is 1. The molecule has 2 aromatic carbocycles. The second-order valence-corrected chi connectivity index (χ2v) is 10.9. The highest BCUT2D eigenvalue weighted by atomic mass is 16.6. The molecule has 42 heavy (non-hydrogen) atoms. The van der Waals surface area contributed by atoms with Crippen molar-refractivity contribution in [1.29, 1.82) is 0 Å². The molecular formula is C31H44N4O7. The molecule has 3 rings (SSSR count). The Morgan fingerprint density at radius 1 is 1.05 bits per heavy atom. The molecular weight excluding hydrogens is 540 g/mol. The molecule has 0 aliphatic carbocycles. The first-order valence-corrected chi connectivity index (χ1v) is 14.0. The summed E-state index contributed by atoms with van der Waals surface area (Å²) in [7, 11) is 1.70. The van der Waals surface area contributed by atoms with E-state index in [1.54, 1.807) is 32.8 Å². The highest BCUT2D eigenvalue weighted by Crippen LogP contribution is 2.21. The molecule has 0 radical (unpaired) electrons. The summed E-state index contributed by atoms with van der Waals surface area (Å²) < 4.78 is 15.4. The number of aliphatic hydroxyl groups is 1. The number of nitrogens with zero attached hydrogens (tertiary/aromatic N) is 2. The van der Waals surface area contributed by atoms with Crippen LogP contribution in [-0.4, -0.2) is 73.0 Å². The van der Waals surface area contributed by atoms with E-state index in [1.165, 1.54) is 5.56 Å². The van der Waals surface area contributed by atoms with Crippen molar-refractivity contribution in [2.45, 2.75) is 64.9 Å². The smallest absolute Gasteiger partial charge is 0.414 e. The first kappa shape index (κ1) is 34.2. The fourth-order valence-corrected chi connectivity index (χ4v) is 4.34. The molecule has 1 aliphatic heterocycles. The van der Waals surface area contributed by atoms with Crippen LogP contribution in [0.5, 0.6) is 0 Å². The van der Waals surface area contributed by atoms with Crippen LogP contribution in [0.2, 0.25) is 0 Å². The molecule has 0 aromatic heterocycles. The zero-order valence-corrected chi connectivity index (χ0v) is 25.0. The largest absolute Gasteiger partial charge is 0.444 e. The van der Waals surface area contributed by atoms with Gasteiger partial charge in [0.05, 0.1) is 19.3 Å². The number of piperidine rings is 1. The van der Waals surface area contributed by atoms with Crippen LogP contribution in [0, 0.1) is 5.92 Å². The van der Waals surface area contributed by atoms with E-state index in [4.69, 9.17) is 14.2 Å². The van der Waals surface area contributed by atoms with Gasteiger partial charge in [0, 0.05) is 20.2 Å². The fraction of sp³-hybridized carbons (Fsp3) is 0.484. The Morgan fingerprint density at radius 3 is 2.21 bits per heavy atom. The molecule has 1 heterocycles. The average molecular weight is 585 g/mol. The third-order valence-corrected chi connectivity index (χ3v) is 6.13. The Kier molecular flexibility index (Phi) is 15.1. The minimum absolute atomic E-state index is 0.0954. The molecule has 1 aliphatic rings. The summed E-state index contributed by atoms with van der Waals surface area (Å²) in [6.07, 6.45) is 1.27. The SMILES string of the molecule is CC(C)(C)OC(=O)NC(CO)CC1CCCN(C(=NC=O)NC(=O)OCc2ccccc2)C1.COCc1ccccc1. The maximum atomic E-state index is 12.2. The van der Waals surface area contributed by atoms with Crippen molar-refractivity contribution < 1.29 is 33.7 Å². The van der Waals surface area contributed by atoms with Crippen molar-refractivity contribution in [3.05, 3.63) is 71.8 Å². The number of carbonyl (C=O) groups is 3. The van der Waals surface area contributed by atoms with Crippen LogP contribution < -0.4 is 10.6 Å². The predicted molar refractivity (Wildman–Crippen MR) is 160 cm³/mol. The van der Waals surface area contributed by atoms with Gasteiger partial charge in [0.1, 0.15) is 12.2 Å². The summed E-state index contributed by atoms with van der Waals surface area (Å²) >= 11 is 0. The Morgan fingerprint density at radius 2 is 1.67 bits per heavy atom. The van der Waals surface area contributed by atoms with Gasteiger partial charge in [-0.15, -0.1) is 0 Å². The highest BCUT2D eigenvalue weighted by Gasteiger charge is 2.27. The summed E-state index contributed by atoms with van der Waals surface area (Å²) in [6, 6.07) is 18.9. The van der Waals surface area contributed by atoms with E-state index in [0.717, 1.165) is 18.4 Å². The number of carbonyl (C=O) groups excluding carboxylic acids is 3. The molecule has 2 aromatic rings. The molecule has 1 fully saturated rings. The molecule has 3 N–H and O–H groups in total. The quantitative estimate of drug-likeness (QED) is 0.226. The lowest BCUT2D eigenvalue weighted by molar-refractivity contribution is -0.106. The summed E-state index contributed by atoms with van der Waals surface area (Å²) in [5, 5.41) is 15.0. The number of rotatable bonds is 9. The third kappa shape index (κ3) is 14.1. The number of alkyl carbamates (subject to hydrolysis) is 2. The third-order valence-electron chi connectivity index (χ3n) is 6.13. The lowest BCUT2D eigenvalue weighted by atomic mass is 9.91. The number of aliphatic imine (C=N–C) groups is 1. The molecule has 11 heteroatoms. The number of hydrogen-bond donors (Lipinski definition) is 3. The standard InChI is InChI=1S/C23H34N4O6.C8H10O/c1-23(2,3)33-22(31)25-19(14-28)12-18-10-7-11-27(13-18)20(24-16-29)26-21(30)32-15-17-8-5-4-6-9-17;1-9-7-8-5-3-2-4-6-8/h4-6,8-9,16,18-19,28H,7,10-15H2,1-3H3,(H,25,31)(H,24,26,29,30);2-6H,7H2,1H3. The van der Waals surface area contributed by atoms with Gasteiger partial charge in [-0.05, 0) is 57.1 Å². The van der Waals surface area contributed by atoms with Crippen LogP contribution in [0.3, 0.4) is 0 Å².